The Bertz CT molecular complexity index is 704. The Labute approximate surface area is 142 Å². The van der Waals surface area contributed by atoms with Gasteiger partial charge in [0.25, 0.3) is 0 Å². The Balaban J connectivity index is 2.02. The number of nitrogens with zero attached hydrogens (tertiary/aromatic N) is 3. The molecule has 2 aliphatic rings. The van der Waals surface area contributed by atoms with Gasteiger partial charge >= 0.3 is 0 Å². The molecule has 0 bridgehead atoms. The van der Waals surface area contributed by atoms with E-state index in [0.717, 1.165) is 0 Å². The molecule has 8 heteroatoms. The zero-order valence-corrected chi connectivity index (χ0v) is 15.2. The van der Waals surface area contributed by atoms with Crippen LogP contribution >= 0.6 is 11.6 Å². The van der Waals surface area contributed by atoms with E-state index in [9.17, 15) is 8.42 Å². The summed E-state index contributed by atoms with van der Waals surface area (Å²) in [6, 6.07) is 1.96. The number of ether oxygens (including phenoxy) is 1. The third kappa shape index (κ3) is 2.83. The zero-order valence-electron chi connectivity index (χ0n) is 13.6. The van der Waals surface area contributed by atoms with E-state index in [2.05, 4.69) is 14.9 Å². The number of aromatic nitrogens is 2. The molecule has 0 amide bonds. The predicted molar refractivity (Wildman–Crippen MR) is 89.6 cm³/mol. The van der Waals surface area contributed by atoms with Crippen LogP contribution in [0, 0.1) is 0 Å². The lowest BCUT2D eigenvalue weighted by Crippen LogP contribution is -2.44. The fraction of sp³-hybridized carbons (Fsp3) is 0.733. The molecule has 1 aromatic rings. The summed E-state index contributed by atoms with van der Waals surface area (Å²) in [5, 5.41) is -0.342. The summed E-state index contributed by atoms with van der Waals surface area (Å²) >= 11 is 6.11. The lowest BCUT2D eigenvalue weighted by atomic mass is 10.2. The highest BCUT2D eigenvalue weighted by molar-refractivity contribution is 7.93. The van der Waals surface area contributed by atoms with Crippen molar-refractivity contribution in [3.05, 3.63) is 17.0 Å². The molecule has 3 rings (SSSR count). The first-order valence-electron chi connectivity index (χ1n) is 7.91. The van der Waals surface area contributed by atoms with Gasteiger partial charge in [-0.3, -0.25) is 0 Å². The number of halogens is 1. The largest absolute Gasteiger partial charge is 0.377 e. The van der Waals surface area contributed by atoms with E-state index in [4.69, 9.17) is 16.3 Å². The highest BCUT2D eigenvalue weighted by Gasteiger charge is 2.58. The molecule has 1 atom stereocenters. The maximum atomic E-state index is 12.7. The van der Waals surface area contributed by atoms with Crippen molar-refractivity contribution in [2.75, 3.05) is 24.7 Å². The first-order chi connectivity index (χ1) is 10.8. The van der Waals surface area contributed by atoms with Gasteiger partial charge in [0.2, 0.25) is 5.28 Å². The molecule has 0 aromatic carbocycles. The molecule has 0 spiro atoms. The summed E-state index contributed by atoms with van der Waals surface area (Å²) in [6.07, 6.45) is 1.19. The fourth-order valence-corrected chi connectivity index (χ4v) is 5.25. The Morgan fingerprint density at radius 3 is 2.65 bits per heavy atom. The van der Waals surface area contributed by atoms with Crippen LogP contribution in [0.3, 0.4) is 0 Å². The van der Waals surface area contributed by atoms with Crippen molar-refractivity contribution < 1.29 is 13.2 Å². The molecule has 1 aliphatic heterocycles. The van der Waals surface area contributed by atoms with Gasteiger partial charge < -0.3 is 9.64 Å². The molecule has 2 fully saturated rings. The Morgan fingerprint density at radius 1 is 1.39 bits per heavy atom. The molecular formula is C15H22ClN3O3S. The lowest BCUT2D eigenvalue weighted by Gasteiger charge is -2.34. The monoisotopic (exact) mass is 359 g/mol. The minimum absolute atomic E-state index is 0.0985. The van der Waals surface area contributed by atoms with Crippen molar-refractivity contribution in [3.8, 4) is 0 Å². The zero-order chi connectivity index (χ0) is 16.8. The van der Waals surface area contributed by atoms with E-state index in [1.54, 1.807) is 19.9 Å². The van der Waals surface area contributed by atoms with E-state index in [1.165, 1.54) is 0 Å². The van der Waals surface area contributed by atoms with Crippen LogP contribution in [0.5, 0.6) is 0 Å². The summed E-state index contributed by atoms with van der Waals surface area (Å²) in [6.45, 7) is 7.42. The second kappa shape index (κ2) is 5.86. The third-order valence-corrected chi connectivity index (χ3v) is 7.80. The van der Waals surface area contributed by atoms with E-state index in [0.29, 0.717) is 44.1 Å². The summed E-state index contributed by atoms with van der Waals surface area (Å²) in [7, 11) is -3.29. The maximum Gasteiger partial charge on any atom is 0.224 e. The molecule has 1 saturated heterocycles. The van der Waals surface area contributed by atoms with Gasteiger partial charge in [-0.15, -0.1) is 0 Å². The predicted octanol–water partition coefficient (Wildman–Crippen LogP) is 2.17. The number of rotatable bonds is 4. The second-order valence-electron chi connectivity index (χ2n) is 6.59. The molecule has 1 saturated carbocycles. The van der Waals surface area contributed by atoms with Crippen molar-refractivity contribution >= 4 is 27.3 Å². The van der Waals surface area contributed by atoms with Crippen LogP contribution in [-0.2, 0) is 19.3 Å². The van der Waals surface area contributed by atoms with Crippen molar-refractivity contribution in [1.29, 1.82) is 0 Å². The van der Waals surface area contributed by atoms with Crippen LogP contribution in [0.15, 0.2) is 6.07 Å². The maximum absolute atomic E-state index is 12.7. The highest BCUT2D eigenvalue weighted by atomic mass is 35.5. The summed E-state index contributed by atoms with van der Waals surface area (Å²) in [5.41, 5.74) is 0.528. The second-order valence-corrected chi connectivity index (χ2v) is 9.74. The van der Waals surface area contributed by atoms with Crippen LogP contribution in [0.1, 0.15) is 39.3 Å². The summed E-state index contributed by atoms with van der Waals surface area (Å²) in [5.74, 6) is 0.682. The van der Waals surface area contributed by atoms with E-state index in [1.807, 2.05) is 6.92 Å². The highest BCUT2D eigenvalue weighted by Crippen LogP contribution is 2.54. The van der Waals surface area contributed by atoms with Crippen molar-refractivity contribution in [2.45, 2.75) is 49.7 Å². The SMILES string of the molecule is CC(C)S(=O)(=O)C1(c2cc(N3CCOC[C@@H]3C)nc(Cl)n2)CC1. The van der Waals surface area contributed by atoms with E-state index >= 15 is 0 Å². The standard InChI is InChI=1S/C15H22ClN3O3S/c1-10(2)23(20,21)15(4-5-15)12-8-13(18-14(16)17-12)19-6-7-22-9-11(19)3/h8,10-11H,4-7,9H2,1-3H3/t11-/m0/s1. The van der Waals surface area contributed by atoms with Crippen molar-refractivity contribution in [3.63, 3.8) is 0 Å². The van der Waals surface area contributed by atoms with Crippen LogP contribution in [-0.4, -0.2) is 49.4 Å². The number of hydrogen-bond donors (Lipinski definition) is 0. The minimum Gasteiger partial charge on any atom is -0.377 e. The molecule has 6 nitrogen and oxygen atoms in total. The first-order valence-corrected chi connectivity index (χ1v) is 9.83. The Hall–Kier alpha value is -0.920. The van der Waals surface area contributed by atoms with Gasteiger partial charge in [-0.05, 0) is 45.2 Å². The van der Waals surface area contributed by atoms with Crippen LogP contribution in [0.4, 0.5) is 5.82 Å². The van der Waals surface area contributed by atoms with E-state index in [-0.39, 0.29) is 11.3 Å². The minimum atomic E-state index is -3.29. The van der Waals surface area contributed by atoms with Crippen LogP contribution in [0.25, 0.3) is 0 Å². The number of anilines is 1. The first kappa shape index (κ1) is 16.9. The van der Waals surface area contributed by atoms with Gasteiger partial charge in [-0.2, -0.15) is 0 Å². The van der Waals surface area contributed by atoms with Gasteiger partial charge in [-0.25, -0.2) is 18.4 Å². The van der Waals surface area contributed by atoms with Gasteiger partial charge in [0.1, 0.15) is 10.6 Å². The molecule has 0 radical (unpaired) electrons. The topological polar surface area (TPSA) is 72.4 Å². The molecule has 23 heavy (non-hydrogen) atoms. The smallest absolute Gasteiger partial charge is 0.224 e. The van der Waals surface area contributed by atoms with E-state index < -0.39 is 19.8 Å². The van der Waals surface area contributed by atoms with Crippen molar-refractivity contribution in [1.82, 2.24) is 9.97 Å². The van der Waals surface area contributed by atoms with Crippen molar-refractivity contribution in [2.24, 2.45) is 0 Å². The van der Waals surface area contributed by atoms with Gasteiger partial charge in [0.15, 0.2) is 9.84 Å². The van der Waals surface area contributed by atoms with Gasteiger partial charge in [0, 0.05) is 12.6 Å². The average Bonchev–Trinajstić information content (AvgIpc) is 3.29. The molecule has 1 aromatic heterocycles. The summed E-state index contributed by atoms with van der Waals surface area (Å²) in [4.78, 5) is 10.7. The molecule has 0 N–H and O–H groups in total. The summed E-state index contributed by atoms with van der Waals surface area (Å²) < 4.78 is 30.0. The third-order valence-electron chi connectivity index (χ3n) is 4.68. The van der Waals surface area contributed by atoms with Crippen LogP contribution < -0.4 is 4.90 Å². The fourth-order valence-electron chi connectivity index (χ4n) is 3.10. The number of hydrogen-bond acceptors (Lipinski definition) is 6. The van der Waals surface area contributed by atoms with Crippen LogP contribution in [0.2, 0.25) is 5.28 Å². The molecule has 2 heterocycles. The quantitative estimate of drug-likeness (QED) is 0.767. The average molecular weight is 360 g/mol. The number of sulfone groups is 1. The molecule has 0 unspecified atom stereocenters. The van der Waals surface area contributed by atoms with Gasteiger partial charge in [-0.1, -0.05) is 0 Å². The number of morpholine rings is 1. The molecule has 128 valence electrons. The molecular weight excluding hydrogens is 338 g/mol. The van der Waals surface area contributed by atoms with Gasteiger partial charge in [0.05, 0.1) is 30.2 Å². The Kier molecular flexibility index (Phi) is 4.31. The molecule has 1 aliphatic carbocycles. The Morgan fingerprint density at radius 2 is 2.09 bits per heavy atom. The lowest BCUT2D eigenvalue weighted by molar-refractivity contribution is 0.0985. The normalized spacial score (nSPS) is 24.0.